The van der Waals surface area contributed by atoms with Gasteiger partial charge in [0.15, 0.2) is 0 Å². The van der Waals surface area contributed by atoms with Crippen LogP contribution in [0.15, 0.2) is 182 Å². The van der Waals surface area contributed by atoms with Crippen LogP contribution in [0.2, 0.25) is 0 Å². The highest BCUT2D eigenvalue weighted by Crippen LogP contribution is 2.47. The Balaban J connectivity index is 0.778. The molecule has 0 aromatic heterocycles. The van der Waals surface area contributed by atoms with Crippen molar-refractivity contribution in [1.82, 2.24) is 9.80 Å². The van der Waals surface area contributed by atoms with E-state index in [9.17, 15) is 38.4 Å². The van der Waals surface area contributed by atoms with E-state index >= 15 is 0 Å². The maximum atomic E-state index is 15.0. The summed E-state index contributed by atoms with van der Waals surface area (Å²) in [6.45, 7) is 7.67. The molecule has 0 radical (unpaired) electrons. The highest BCUT2D eigenvalue weighted by atomic mass is 16.5. The molecule has 2 N–H and O–H groups in total. The van der Waals surface area contributed by atoms with E-state index in [1.54, 1.807) is 177 Å². The van der Waals surface area contributed by atoms with Crippen molar-refractivity contribution >= 4 is 58.6 Å². The molecule has 15 nitrogen and oxygen atoms in total. The average molecular weight is 1100 g/mol. The van der Waals surface area contributed by atoms with Crippen LogP contribution in [-0.2, 0) is 11.1 Å². The third-order valence-electron chi connectivity index (χ3n) is 16.5. The van der Waals surface area contributed by atoms with Gasteiger partial charge in [0.25, 0.3) is 47.3 Å². The number of amides is 8. The van der Waals surface area contributed by atoms with E-state index in [4.69, 9.17) is 15.2 Å². The molecule has 8 aromatic rings. The monoisotopic (exact) mass is 1100 g/mol. The quantitative estimate of drug-likeness (QED) is 0.0853. The highest BCUT2D eigenvalue weighted by Gasteiger charge is 2.52. The Hall–Kier alpha value is -10.1. The Kier molecular flexibility index (Phi) is 13.4. The van der Waals surface area contributed by atoms with Crippen LogP contribution >= 0.6 is 0 Å². The first-order valence-corrected chi connectivity index (χ1v) is 27.7. The van der Waals surface area contributed by atoms with Crippen molar-refractivity contribution in [1.29, 1.82) is 0 Å². The van der Waals surface area contributed by atoms with Crippen LogP contribution < -0.4 is 25.0 Å². The van der Waals surface area contributed by atoms with Crippen molar-refractivity contribution in [2.24, 2.45) is 5.73 Å². The van der Waals surface area contributed by atoms with Crippen molar-refractivity contribution in [2.75, 3.05) is 9.80 Å². The molecule has 0 fully saturated rings. The summed E-state index contributed by atoms with van der Waals surface area (Å²) in [7, 11) is 0. The van der Waals surface area contributed by atoms with Gasteiger partial charge in [0.1, 0.15) is 23.0 Å². The third kappa shape index (κ3) is 8.44. The fourth-order valence-corrected chi connectivity index (χ4v) is 12.7. The zero-order valence-corrected chi connectivity index (χ0v) is 45.9. The number of hydrogen-bond donors (Lipinski definition) is 1. The van der Waals surface area contributed by atoms with Gasteiger partial charge in [-0.25, -0.2) is 9.80 Å². The molecule has 4 heterocycles. The first-order valence-electron chi connectivity index (χ1n) is 27.7. The minimum absolute atomic E-state index is 0.142. The van der Waals surface area contributed by atoms with Gasteiger partial charge in [-0.15, -0.1) is 0 Å². The molecule has 4 aliphatic rings. The Bertz CT molecular complexity index is 4000. The lowest BCUT2D eigenvalue weighted by molar-refractivity contribution is 0.0336. The molecule has 0 saturated carbocycles. The van der Waals surface area contributed by atoms with Gasteiger partial charge in [-0.2, -0.15) is 0 Å². The van der Waals surface area contributed by atoms with E-state index in [1.165, 1.54) is 9.80 Å². The Morgan fingerprint density at radius 1 is 0.398 bits per heavy atom. The molecule has 4 aliphatic heterocycles. The summed E-state index contributed by atoms with van der Waals surface area (Å²) in [5, 5.41) is 0. The minimum atomic E-state index is -1.17. The molecule has 0 aliphatic carbocycles. The second-order valence-corrected chi connectivity index (χ2v) is 21.2. The lowest BCUT2D eigenvalue weighted by Crippen LogP contribution is -2.58. The van der Waals surface area contributed by atoms with Crippen LogP contribution in [0, 0.1) is 0 Å². The molecular formula is C68H55N5O10. The van der Waals surface area contributed by atoms with Crippen molar-refractivity contribution in [2.45, 2.75) is 76.9 Å². The lowest BCUT2D eigenvalue weighted by Gasteiger charge is -2.43. The zero-order chi connectivity index (χ0) is 58.1. The van der Waals surface area contributed by atoms with Gasteiger partial charge >= 0.3 is 0 Å². The summed E-state index contributed by atoms with van der Waals surface area (Å²) >= 11 is 0. The fourth-order valence-electron chi connectivity index (χ4n) is 12.7. The molecule has 0 spiro atoms. The van der Waals surface area contributed by atoms with E-state index in [2.05, 4.69) is 0 Å². The third-order valence-corrected chi connectivity index (χ3v) is 16.5. The topological polar surface area (TPSA) is 194 Å². The van der Waals surface area contributed by atoms with E-state index in [0.717, 1.165) is 15.4 Å². The lowest BCUT2D eigenvalue weighted by atomic mass is 9.79. The molecule has 15 heteroatoms. The van der Waals surface area contributed by atoms with Gasteiger partial charge in [0.05, 0.1) is 67.0 Å². The van der Waals surface area contributed by atoms with Gasteiger partial charge in [-0.3, -0.25) is 48.2 Å². The van der Waals surface area contributed by atoms with Crippen LogP contribution in [0.25, 0.3) is 11.1 Å². The van der Waals surface area contributed by atoms with E-state index in [0.29, 0.717) is 99.7 Å². The number of anilines is 2. The standard InChI is InChI=1S/C68H55N5O10/c1-5-35-67(36-6-2,42-26-30-46(31-27-42)82-48-17-12-15-44(38-48)70-59(74)51-19-8-9-20-52(51)60(70)75)72-62(77)55-34-25-41(37-57(55)65(72)80)50-23-14-24-56-58(50)66(81)71(61(56)76)45-16-13-18-49(39-45)83-47-32-28-43(29-33-47)68(7-3,40(4)69)73-63(78)53-21-10-11-22-54(53)64(73)79/h8-34,37-40H,5-7,35-36,69H2,1-4H3. The van der Waals surface area contributed by atoms with Crippen LogP contribution in [0.1, 0.15) is 154 Å². The van der Waals surface area contributed by atoms with E-state index in [-0.39, 0.29) is 27.9 Å². The Labute approximate surface area is 478 Å². The Morgan fingerprint density at radius 3 is 1.33 bits per heavy atom. The summed E-state index contributed by atoms with van der Waals surface area (Å²) in [4.78, 5) is 117. The largest absolute Gasteiger partial charge is 0.457 e. The molecule has 83 heavy (non-hydrogen) atoms. The van der Waals surface area contributed by atoms with Crippen LogP contribution in [0.3, 0.4) is 0 Å². The normalized spacial score (nSPS) is 15.7. The summed E-state index contributed by atoms with van der Waals surface area (Å²) in [6, 6.07) is 50.2. The number of carbonyl (C=O) groups excluding carboxylic acids is 8. The molecule has 0 bridgehead atoms. The van der Waals surface area contributed by atoms with Gasteiger partial charge in [0, 0.05) is 18.2 Å². The number of fused-ring (bicyclic) bond motifs is 4. The van der Waals surface area contributed by atoms with Crippen molar-refractivity contribution in [3.63, 3.8) is 0 Å². The van der Waals surface area contributed by atoms with Gasteiger partial charge < -0.3 is 15.2 Å². The van der Waals surface area contributed by atoms with Crippen LogP contribution in [-0.4, -0.2) is 63.1 Å². The van der Waals surface area contributed by atoms with E-state index in [1.807, 2.05) is 32.9 Å². The predicted octanol–water partition coefficient (Wildman–Crippen LogP) is 12.9. The van der Waals surface area contributed by atoms with Gasteiger partial charge in [-0.1, -0.05) is 112 Å². The first kappa shape index (κ1) is 53.5. The van der Waals surface area contributed by atoms with Crippen LogP contribution in [0.5, 0.6) is 23.0 Å². The molecule has 8 amide bonds. The summed E-state index contributed by atoms with van der Waals surface area (Å²) in [5.74, 6) is -2.15. The summed E-state index contributed by atoms with van der Waals surface area (Å²) < 4.78 is 12.6. The molecule has 412 valence electrons. The number of nitrogens with two attached hydrogens (primary N) is 1. The Morgan fingerprint density at radius 2 is 0.819 bits per heavy atom. The summed E-state index contributed by atoms with van der Waals surface area (Å²) in [6.07, 6.45) is 2.57. The minimum Gasteiger partial charge on any atom is -0.457 e. The predicted molar refractivity (Wildman–Crippen MR) is 311 cm³/mol. The first-order chi connectivity index (χ1) is 40.1. The molecular weight excluding hydrogens is 1050 g/mol. The van der Waals surface area contributed by atoms with E-state index < -0.39 is 64.4 Å². The maximum Gasteiger partial charge on any atom is 0.266 e. The second kappa shape index (κ2) is 20.8. The molecule has 0 saturated heterocycles. The number of hydrogen-bond acceptors (Lipinski definition) is 11. The van der Waals surface area contributed by atoms with Crippen molar-refractivity contribution in [3.8, 4) is 34.1 Å². The number of benzene rings is 8. The molecule has 2 atom stereocenters. The van der Waals surface area contributed by atoms with Gasteiger partial charge in [-0.05, 0) is 139 Å². The average Bonchev–Trinajstić information content (AvgIpc) is 2.62. The molecule has 12 rings (SSSR count). The number of ether oxygens (including phenoxy) is 2. The SMILES string of the molecule is CCCC(CCC)(c1ccc(Oc2cccc(N3C(=O)c4ccccc4C3=O)c2)cc1)N1C(=O)c2ccc(-c3cccc4c3C(=O)N(c3cccc(Oc5ccc(C(CC)(C(C)N)N6C(=O)c7ccccc7C6=O)cc5)c3)C4=O)cc2C1=O. The summed E-state index contributed by atoms with van der Waals surface area (Å²) in [5.41, 5.74) is 9.33. The second-order valence-electron chi connectivity index (χ2n) is 21.2. The molecule has 2 unspecified atom stereocenters. The van der Waals surface area contributed by atoms with Crippen LogP contribution in [0.4, 0.5) is 11.4 Å². The van der Waals surface area contributed by atoms with Crippen molar-refractivity contribution < 1.29 is 47.8 Å². The number of imide groups is 4. The fraction of sp³-hybridized carbons (Fsp3) is 0.176. The zero-order valence-electron chi connectivity index (χ0n) is 45.9. The molecule has 8 aromatic carbocycles. The smallest absolute Gasteiger partial charge is 0.266 e. The number of rotatable bonds is 17. The number of carbonyl (C=O) groups is 8. The highest BCUT2D eigenvalue weighted by molar-refractivity contribution is 6.36. The van der Waals surface area contributed by atoms with Gasteiger partial charge in [0.2, 0.25) is 0 Å². The number of nitrogens with zero attached hydrogens (tertiary/aromatic N) is 4. The maximum absolute atomic E-state index is 15.0. The van der Waals surface area contributed by atoms with Crippen molar-refractivity contribution in [3.05, 3.63) is 238 Å².